The normalized spacial score (nSPS) is 41.1. The third-order valence-electron chi connectivity index (χ3n) is 3.81. The highest BCUT2D eigenvalue weighted by atomic mass is 16.7. The second kappa shape index (κ2) is 5.77. The van der Waals surface area contributed by atoms with Gasteiger partial charge < -0.3 is 30.4 Å². The molecule has 0 spiro atoms. The molecule has 3 rings (SSSR count). The zero-order valence-electron chi connectivity index (χ0n) is 11.3. The molecule has 0 saturated carbocycles. The van der Waals surface area contributed by atoms with Crippen LogP contribution in [-0.4, -0.2) is 44.3 Å². The van der Waals surface area contributed by atoms with Crippen LogP contribution in [0.2, 0.25) is 0 Å². The van der Waals surface area contributed by atoms with Crippen molar-refractivity contribution in [1.29, 1.82) is 0 Å². The molecule has 2 aliphatic rings. The van der Waals surface area contributed by atoms with Gasteiger partial charge in [-0.25, -0.2) is 0 Å². The van der Waals surface area contributed by atoms with Crippen molar-refractivity contribution < 1.29 is 18.9 Å². The van der Waals surface area contributed by atoms with E-state index >= 15 is 0 Å². The molecule has 20 heavy (non-hydrogen) atoms. The number of hydrogen-bond donors (Lipinski definition) is 2. The Morgan fingerprint density at radius 3 is 2.55 bits per heavy atom. The average Bonchev–Trinajstić information content (AvgIpc) is 2.51. The van der Waals surface area contributed by atoms with Crippen LogP contribution in [0.1, 0.15) is 11.9 Å². The van der Waals surface area contributed by atoms with Crippen molar-refractivity contribution in [2.75, 3.05) is 13.7 Å². The quantitative estimate of drug-likeness (QED) is 0.800. The molecule has 0 unspecified atom stereocenters. The molecule has 0 aliphatic carbocycles. The van der Waals surface area contributed by atoms with Crippen LogP contribution in [0.15, 0.2) is 30.3 Å². The first-order valence-corrected chi connectivity index (χ1v) is 6.72. The average molecular weight is 280 g/mol. The van der Waals surface area contributed by atoms with Crippen LogP contribution in [0.5, 0.6) is 0 Å². The van der Waals surface area contributed by atoms with Crippen LogP contribution in [0.4, 0.5) is 0 Å². The topological polar surface area (TPSA) is 89.0 Å². The Morgan fingerprint density at radius 2 is 1.85 bits per heavy atom. The first kappa shape index (κ1) is 13.9. The van der Waals surface area contributed by atoms with Gasteiger partial charge in [0.2, 0.25) is 0 Å². The van der Waals surface area contributed by atoms with Gasteiger partial charge >= 0.3 is 0 Å². The molecule has 0 aromatic heterocycles. The van der Waals surface area contributed by atoms with Crippen LogP contribution < -0.4 is 11.5 Å². The van der Waals surface area contributed by atoms with E-state index in [9.17, 15) is 0 Å². The highest BCUT2D eigenvalue weighted by Crippen LogP contribution is 2.32. The molecular formula is C14H20N2O4. The van der Waals surface area contributed by atoms with Crippen molar-refractivity contribution in [3.8, 4) is 0 Å². The Kier molecular flexibility index (Phi) is 4.02. The number of ether oxygens (including phenoxy) is 4. The van der Waals surface area contributed by atoms with E-state index < -0.39 is 18.6 Å². The molecule has 6 atom stereocenters. The van der Waals surface area contributed by atoms with Crippen molar-refractivity contribution in [3.63, 3.8) is 0 Å². The zero-order valence-corrected chi connectivity index (χ0v) is 11.3. The minimum atomic E-state index is -0.522. The molecule has 0 bridgehead atoms. The number of fused-ring (bicyclic) bond motifs is 1. The predicted octanol–water partition coefficient (Wildman–Crippen LogP) is 0.127. The maximum absolute atomic E-state index is 6.17. The zero-order chi connectivity index (χ0) is 14.1. The summed E-state index contributed by atoms with van der Waals surface area (Å²) in [6, 6.07) is 8.97. The van der Waals surface area contributed by atoms with Gasteiger partial charge in [-0.2, -0.15) is 0 Å². The van der Waals surface area contributed by atoms with E-state index in [4.69, 9.17) is 30.4 Å². The van der Waals surface area contributed by atoms with Crippen molar-refractivity contribution in [3.05, 3.63) is 35.9 Å². The number of nitrogens with two attached hydrogens (primary N) is 2. The third-order valence-corrected chi connectivity index (χ3v) is 3.81. The molecule has 2 heterocycles. The smallest absolute Gasteiger partial charge is 0.184 e. The summed E-state index contributed by atoms with van der Waals surface area (Å²) in [6.45, 7) is 0.407. The van der Waals surface area contributed by atoms with Gasteiger partial charge in [0.15, 0.2) is 12.6 Å². The van der Waals surface area contributed by atoms with Gasteiger partial charge in [-0.3, -0.25) is 0 Å². The van der Waals surface area contributed by atoms with Crippen LogP contribution >= 0.6 is 0 Å². The molecule has 0 radical (unpaired) electrons. The highest BCUT2D eigenvalue weighted by Gasteiger charge is 2.47. The Bertz CT molecular complexity index is 442. The van der Waals surface area contributed by atoms with E-state index in [1.165, 1.54) is 0 Å². The molecule has 0 amide bonds. The van der Waals surface area contributed by atoms with Gasteiger partial charge in [-0.15, -0.1) is 0 Å². The monoisotopic (exact) mass is 280 g/mol. The lowest BCUT2D eigenvalue weighted by molar-refractivity contribution is -0.321. The second-order valence-corrected chi connectivity index (χ2v) is 5.11. The summed E-state index contributed by atoms with van der Waals surface area (Å²) in [7, 11) is 1.55. The summed E-state index contributed by atoms with van der Waals surface area (Å²) >= 11 is 0. The molecule has 4 N–H and O–H groups in total. The first-order valence-electron chi connectivity index (χ1n) is 6.72. The lowest BCUT2D eigenvalue weighted by Gasteiger charge is -2.47. The van der Waals surface area contributed by atoms with E-state index in [0.717, 1.165) is 5.56 Å². The summed E-state index contributed by atoms with van der Waals surface area (Å²) in [5, 5.41) is 0. The molecule has 6 heteroatoms. The van der Waals surface area contributed by atoms with Crippen molar-refractivity contribution >= 4 is 0 Å². The highest BCUT2D eigenvalue weighted by molar-refractivity contribution is 5.16. The summed E-state index contributed by atoms with van der Waals surface area (Å²) in [4.78, 5) is 0. The van der Waals surface area contributed by atoms with E-state index in [2.05, 4.69) is 0 Å². The van der Waals surface area contributed by atoms with Crippen LogP contribution in [0.3, 0.4) is 0 Å². The molecule has 6 nitrogen and oxygen atoms in total. The van der Waals surface area contributed by atoms with E-state index in [1.54, 1.807) is 7.11 Å². The van der Waals surface area contributed by atoms with Gasteiger partial charge in [-0.1, -0.05) is 30.3 Å². The summed E-state index contributed by atoms with van der Waals surface area (Å²) in [5.74, 6) is 0. The summed E-state index contributed by atoms with van der Waals surface area (Å²) < 4.78 is 22.6. The van der Waals surface area contributed by atoms with Crippen molar-refractivity contribution in [2.45, 2.75) is 36.9 Å². The van der Waals surface area contributed by atoms with Crippen molar-refractivity contribution in [2.24, 2.45) is 11.5 Å². The van der Waals surface area contributed by atoms with Gasteiger partial charge in [0.1, 0.15) is 12.2 Å². The van der Waals surface area contributed by atoms with Gasteiger partial charge in [-0.05, 0) is 0 Å². The SMILES string of the molecule is CO[C@@H]1O[C@H]2CO[C@H](c3ccccc3)O[C@H]2[C@@H](N)[C@H]1N. The van der Waals surface area contributed by atoms with Gasteiger partial charge in [0, 0.05) is 12.7 Å². The minimum Gasteiger partial charge on any atom is -0.354 e. The number of methoxy groups -OCH3 is 1. The number of rotatable bonds is 2. The second-order valence-electron chi connectivity index (χ2n) is 5.11. The standard InChI is InChI=1S/C14H20N2O4/c1-17-14-11(16)10(15)12-9(19-14)7-18-13(20-12)8-5-3-2-4-6-8/h2-6,9-14H,7,15-16H2,1H3/t9-,10-,11+,12+,13-,14+/m0/s1. The van der Waals surface area contributed by atoms with Gasteiger partial charge in [0.05, 0.1) is 18.7 Å². The van der Waals surface area contributed by atoms with E-state index in [-0.39, 0.29) is 18.2 Å². The van der Waals surface area contributed by atoms with E-state index in [1.807, 2.05) is 30.3 Å². The lowest BCUT2D eigenvalue weighted by Crippen LogP contribution is -2.67. The summed E-state index contributed by atoms with van der Waals surface area (Å²) in [5.41, 5.74) is 13.2. The first-order chi connectivity index (χ1) is 9.70. The third kappa shape index (κ3) is 2.46. The molecule has 2 fully saturated rings. The Hall–Kier alpha value is -1.02. The molecule has 1 aromatic carbocycles. The Morgan fingerprint density at radius 1 is 1.10 bits per heavy atom. The maximum Gasteiger partial charge on any atom is 0.184 e. The van der Waals surface area contributed by atoms with Crippen LogP contribution in [0, 0.1) is 0 Å². The Labute approximate surface area is 117 Å². The Balaban J connectivity index is 1.74. The number of hydrogen-bond acceptors (Lipinski definition) is 6. The maximum atomic E-state index is 6.17. The van der Waals surface area contributed by atoms with E-state index in [0.29, 0.717) is 6.61 Å². The van der Waals surface area contributed by atoms with Gasteiger partial charge in [0.25, 0.3) is 0 Å². The molecular weight excluding hydrogens is 260 g/mol. The lowest BCUT2D eigenvalue weighted by atomic mass is 9.94. The van der Waals surface area contributed by atoms with Crippen LogP contribution in [0.25, 0.3) is 0 Å². The van der Waals surface area contributed by atoms with Crippen molar-refractivity contribution in [1.82, 2.24) is 0 Å². The van der Waals surface area contributed by atoms with Crippen LogP contribution in [-0.2, 0) is 18.9 Å². The molecule has 1 aromatic rings. The molecule has 110 valence electrons. The largest absolute Gasteiger partial charge is 0.354 e. The fourth-order valence-electron chi connectivity index (χ4n) is 2.66. The fourth-order valence-corrected chi connectivity index (χ4v) is 2.66. The molecule has 2 aliphatic heterocycles. The fraction of sp³-hybridized carbons (Fsp3) is 0.571. The minimum absolute atomic E-state index is 0.255. The predicted molar refractivity (Wildman–Crippen MR) is 71.6 cm³/mol. The molecule has 2 saturated heterocycles. The number of benzene rings is 1. The summed E-state index contributed by atoms with van der Waals surface area (Å²) in [6.07, 6.45) is -1.50.